The number of carbonyl (C=O) groups is 2. The van der Waals surface area contributed by atoms with Crippen molar-refractivity contribution in [2.24, 2.45) is 0 Å². The molecule has 0 saturated heterocycles. The molecule has 0 heterocycles. The first-order valence-corrected chi connectivity index (χ1v) is 8.80. The van der Waals surface area contributed by atoms with Crippen LogP contribution in [0, 0.1) is 0 Å². The second-order valence-electron chi connectivity index (χ2n) is 4.97. The van der Waals surface area contributed by atoms with Crippen LogP contribution in [0.5, 0.6) is 0 Å². The topological polar surface area (TPSA) is 95.6 Å². The van der Waals surface area contributed by atoms with Crippen LogP contribution in [0.3, 0.4) is 0 Å². The van der Waals surface area contributed by atoms with Gasteiger partial charge in [-0.15, -0.1) is 6.58 Å². The third kappa shape index (κ3) is 7.07. The molecule has 0 saturated carbocycles. The first-order valence-electron chi connectivity index (χ1n) is 6.96. The van der Waals surface area contributed by atoms with Gasteiger partial charge in [-0.05, 0) is 24.3 Å². The van der Waals surface area contributed by atoms with E-state index in [4.69, 9.17) is 0 Å². The number of anilines is 2. The molecule has 0 aliphatic heterocycles. The Hall–Kier alpha value is -2.19. The first kappa shape index (κ1) is 18.9. The number of hydrogen-bond acceptors (Lipinski definition) is 4. The Morgan fingerprint density at radius 1 is 1.17 bits per heavy atom. The highest BCUT2D eigenvalue weighted by molar-refractivity contribution is 7.88. The van der Waals surface area contributed by atoms with Gasteiger partial charge in [0, 0.05) is 37.8 Å². The highest BCUT2D eigenvalue weighted by Crippen LogP contribution is 2.14. The van der Waals surface area contributed by atoms with Gasteiger partial charge in [-0.1, -0.05) is 6.08 Å². The average molecular weight is 339 g/mol. The van der Waals surface area contributed by atoms with Gasteiger partial charge in [0.1, 0.15) is 0 Å². The van der Waals surface area contributed by atoms with E-state index in [9.17, 15) is 18.0 Å². The lowest BCUT2D eigenvalue weighted by Crippen LogP contribution is -2.33. The molecule has 0 aliphatic rings. The maximum Gasteiger partial charge on any atom is 0.225 e. The van der Waals surface area contributed by atoms with E-state index in [1.54, 1.807) is 24.3 Å². The minimum atomic E-state index is -3.37. The summed E-state index contributed by atoms with van der Waals surface area (Å²) in [5.74, 6) is -0.472. The maximum atomic E-state index is 11.9. The summed E-state index contributed by atoms with van der Waals surface area (Å²) in [6, 6.07) is 6.64. The number of hydrogen-bond donors (Lipinski definition) is 2. The Balaban J connectivity index is 2.56. The highest BCUT2D eigenvalue weighted by atomic mass is 32.2. The molecule has 0 spiro atoms. The van der Waals surface area contributed by atoms with Crippen LogP contribution in [0.15, 0.2) is 36.9 Å². The number of benzene rings is 1. The molecule has 8 heteroatoms. The molecular weight excluding hydrogens is 318 g/mol. The number of amides is 2. The zero-order valence-corrected chi connectivity index (χ0v) is 14.0. The molecule has 2 N–H and O–H groups in total. The van der Waals surface area contributed by atoms with Crippen molar-refractivity contribution in [1.82, 2.24) is 4.31 Å². The van der Waals surface area contributed by atoms with Crippen molar-refractivity contribution in [3.63, 3.8) is 0 Å². The Kier molecular flexibility index (Phi) is 6.92. The van der Waals surface area contributed by atoms with E-state index in [0.717, 1.165) is 6.26 Å². The van der Waals surface area contributed by atoms with Crippen LogP contribution in [-0.2, 0) is 19.6 Å². The van der Waals surface area contributed by atoms with Crippen LogP contribution in [0.2, 0.25) is 0 Å². The summed E-state index contributed by atoms with van der Waals surface area (Å²) in [7, 11) is -3.37. The molecule has 0 fully saturated rings. The van der Waals surface area contributed by atoms with E-state index < -0.39 is 10.0 Å². The summed E-state index contributed by atoms with van der Waals surface area (Å²) < 4.78 is 24.2. The number of nitrogens with one attached hydrogen (secondary N) is 2. The average Bonchev–Trinajstić information content (AvgIpc) is 2.43. The quantitative estimate of drug-likeness (QED) is 0.700. The Morgan fingerprint density at radius 3 is 2.13 bits per heavy atom. The fourth-order valence-corrected chi connectivity index (χ4v) is 2.63. The summed E-state index contributed by atoms with van der Waals surface area (Å²) in [5.41, 5.74) is 1.20. The lowest BCUT2D eigenvalue weighted by molar-refractivity contribution is -0.116. The van der Waals surface area contributed by atoms with Crippen molar-refractivity contribution in [3.8, 4) is 0 Å². The molecule has 0 atom stereocenters. The molecule has 126 valence electrons. The summed E-state index contributed by atoms with van der Waals surface area (Å²) in [6.07, 6.45) is 2.60. The van der Waals surface area contributed by atoms with Gasteiger partial charge in [0.15, 0.2) is 0 Å². The van der Waals surface area contributed by atoms with Crippen LogP contribution in [0.1, 0.15) is 13.3 Å². The predicted octanol–water partition coefficient (Wildman–Crippen LogP) is 1.42. The molecule has 0 aromatic heterocycles. The molecule has 1 aromatic carbocycles. The number of sulfonamides is 1. The van der Waals surface area contributed by atoms with Gasteiger partial charge in [0.2, 0.25) is 21.8 Å². The largest absolute Gasteiger partial charge is 0.326 e. The number of nitrogens with zero attached hydrogens (tertiary/aromatic N) is 1. The van der Waals surface area contributed by atoms with Crippen LogP contribution in [-0.4, -0.2) is 43.9 Å². The zero-order chi connectivity index (χ0) is 17.5. The molecule has 23 heavy (non-hydrogen) atoms. The van der Waals surface area contributed by atoms with Gasteiger partial charge in [0.25, 0.3) is 0 Å². The standard InChI is InChI=1S/C15H21N3O4S/c1-4-10-18(23(3,21)22)11-9-15(20)17-14-7-5-13(6-8-14)16-12(2)19/h4-8H,1,9-11H2,2-3H3,(H,16,19)(H,17,20). The highest BCUT2D eigenvalue weighted by Gasteiger charge is 2.16. The molecule has 0 unspecified atom stereocenters. The fraction of sp³-hybridized carbons (Fsp3) is 0.333. The molecule has 0 radical (unpaired) electrons. The first-order chi connectivity index (χ1) is 10.7. The summed E-state index contributed by atoms with van der Waals surface area (Å²) >= 11 is 0. The van der Waals surface area contributed by atoms with E-state index >= 15 is 0 Å². The van der Waals surface area contributed by atoms with E-state index in [0.29, 0.717) is 11.4 Å². The van der Waals surface area contributed by atoms with Crippen molar-refractivity contribution in [1.29, 1.82) is 0 Å². The molecule has 1 aromatic rings. The zero-order valence-electron chi connectivity index (χ0n) is 13.2. The van der Waals surface area contributed by atoms with E-state index in [1.807, 2.05) is 0 Å². The van der Waals surface area contributed by atoms with Gasteiger partial charge in [0.05, 0.1) is 6.26 Å². The molecular formula is C15H21N3O4S. The second-order valence-corrected chi connectivity index (χ2v) is 6.95. The third-order valence-electron chi connectivity index (χ3n) is 2.88. The fourth-order valence-electron chi connectivity index (χ4n) is 1.83. The van der Waals surface area contributed by atoms with Gasteiger partial charge in [-0.3, -0.25) is 9.59 Å². The molecule has 0 bridgehead atoms. The van der Waals surface area contributed by atoms with Crippen molar-refractivity contribution in [2.75, 3.05) is 30.0 Å². The Labute approximate surface area is 136 Å². The van der Waals surface area contributed by atoms with Crippen LogP contribution >= 0.6 is 0 Å². The summed E-state index contributed by atoms with van der Waals surface area (Å²) in [4.78, 5) is 22.8. The second kappa shape index (κ2) is 8.44. The van der Waals surface area contributed by atoms with Crippen LogP contribution in [0.25, 0.3) is 0 Å². The predicted molar refractivity (Wildman–Crippen MR) is 90.6 cm³/mol. The van der Waals surface area contributed by atoms with Gasteiger partial charge < -0.3 is 10.6 Å². The van der Waals surface area contributed by atoms with E-state index in [1.165, 1.54) is 17.3 Å². The molecule has 0 aliphatic carbocycles. The maximum absolute atomic E-state index is 11.9. The molecule has 7 nitrogen and oxygen atoms in total. The van der Waals surface area contributed by atoms with Crippen molar-refractivity contribution >= 4 is 33.2 Å². The normalized spacial score (nSPS) is 11.1. The summed E-state index contributed by atoms with van der Waals surface area (Å²) in [6.45, 7) is 5.16. The van der Waals surface area contributed by atoms with E-state index in [-0.39, 0.29) is 31.3 Å². The smallest absolute Gasteiger partial charge is 0.225 e. The molecule has 2 amide bonds. The van der Waals surface area contributed by atoms with Crippen LogP contribution < -0.4 is 10.6 Å². The number of rotatable bonds is 8. The van der Waals surface area contributed by atoms with Crippen LogP contribution in [0.4, 0.5) is 11.4 Å². The van der Waals surface area contributed by atoms with Gasteiger partial charge >= 0.3 is 0 Å². The lowest BCUT2D eigenvalue weighted by Gasteiger charge is -2.17. The number of carbonyl (C=O) groups excluding carboxylic acids is 2. The Morgan fingerprint density at radius 2 is 1.70 bits per heavy atom. The van der Waals surface area contributed by atoms with Gasteiger partial charge in [-0.2, -0.15) is 4.31 Å². The SMILES string of the molecule is C=CCN(CCC(=O)Nc1ccc(NC(C)=O)cc1)S(C)(=O)=O. The summed E-state index contributed by atoms with van der Waals surface area (Å²) in [5, 5.41) is 5.29. The Bertz CT molecular complexity index is 668. The molecule has 1 rings (SSSR count). The van der Waals surface area contributed by atoms with E-state index in [2.05, 4.69) is 17.2 Å². The van der Waals surface area contributed by atoms with Crippen molar-refractivity contribution < 1.29 is 18.0 Å². The lowest BCUT2D eigenvalue weighted by atomic mass is 10.2. The monoisotopic (exact) mass is 339 g/mol. The third-order valence-corrected chi connectivity index (χ3v) is 4.15. The van der Waals surface area contributed by atoms with Crippen molar-refractivity contribution in [3.05, 3.63) is 36.9 Å². The minimum Gasteiger partial charge on any atom is -0.326 e. The van der Waals surface area contributed by atoms with Crippen molar-refractivity contribution in [2.45, 2.75) is 13.3 Å². The van der Waals surface area contributed by atoms with Gasteiger partial charge in [-0.25, -0.2) is 8.42 Å². The minimum absolute atomic E-state index is 0.0361.